The first kappa shape index (κ1) is 17.4. The van der Waals surface area contributed by atoms with Crippen LogP contribution in [0.5, 0.6) is 0 Å². The van der Waals surface area contributed by atoms with Crippen LogP contribution in [0.25, 0.3) is 0 Å². The molecular formula is C18H26N2O3S. The van der Waals surface area contributed by atoms with Crippen molar-refractivity contribution >= 4 is 15.9 Å². The Balaban J connectivity index is 1.71. The minimum atomic E-state index is -3.16. The van der Waals surface area contributed by atoms with Crippen LogP contribution in [0, 0.1) is 12.3 Å². The highest BCUT2D eigenvalue weighted by Gasteiger charge is 2.46. The number of carbonyl (C=O) groups excluding carboxylic acids is 1. The van der Waals surface area contributed by atoms with Gasteiger partial charge in [-0.3, -0.25) is 4.79 Å². The van der Waals surface area contributed by atoms with Gasteiger partial charge in [-0.2, -0.15) is 0 Å². The van der Waals surface area contributed by atoms with E-state index in [1.54, 1.807) is 0 Å². The van der Waals surface area contributed by atoms with E-state index in [1.807, 2.05) is 11.0 Å². The maximum absolute atomic E-state index is 13.1. The number of likely N-dealkylation sites (tertiary alicyclic amines) is 1. The number of aryl methyl sites for hydroxylation is 1. The summed E-state index contributed by atoms with van der Waals surface area (Å²) in [5.74, 6) is 0.211. The Morgan fingerprint density at radius 2 is 1.83 bits per heavy atom. The number of carbonyl (C=O) groups is 1. The molecule has 1 aromatic carbocycles. The summed E-state index contributed by atoms with van der Waals surface area (Å²) in [5, 5.41) is 0. The number of rotatable bonds is 3. The lowest BCUT2D eigenvalue weighted by Crippen LogP contribution is -2.53. The second-order valence-corrected chi connectivity index (χ2v) is 9.24. The standard InChI is InChI=1S/C18H26N2O3S/c1-15-5-3-6-16(13-15)14-19-10-4-7-18(17(19)21)8-11-20(12-9-18)24(2,22)23/h3,5-6,13H,4,7-12,14H2,1-2H3. The van der Waals surface area contributed by atoms with Gasteiger partial charge in [0.2, 0.25) is 15.9 Å². The van der Waals surface area contributed by atoms with E-state index in [1.165, 1.54) is 16.1 Å². The van der Waals surface area contributed by atoms with Crippen LogP contribution in [-0.2, 0) is 21.4 Å². The van der Waals surface area contributed by atoms with Crippen LogP contribution in [0.1, 0.15) is 36.8 Å². The summed E-state index contributed by atoms with van der Waals surface area (Å²) in [6, 6.07) is 8.28. The van der Waals surface area contributed by atoms with E-state index in [2.05, 4.69) is 25.1 Å². The summed E-state index contributed by atoms with van der Waals surface area (Å²) in [4.78, 5) is 15.1. The van der Waals surface area contributed by atoms with Gasteiger partial charge in [0.15, 0.2) is 0 Å². The average Bonchev–Trinajstić information content (AvgIpc) is 2.52. The molecule has 6 heteroatoms. The third kappa shape index (κ3) is 3.49. The Kier molecular flexibility index (Phi) is 4.71. The van der Waals surface area contributed by atoms with Gasteiger partial charge in [-0.05, 0) is 38.2 Å². The SMILES string of the molecule is Cc1cccc(CN2CCCC3(CCN(S(C)(=O)=O)CC3)C2=O)c1. The summed E-state index contributed by atoms with van der Waals surface area (Å²) in [6.45, 7) is 4.43. The Labute approximate surface area is 144 Å². The predicted octanol–water partition coefficient (Wildman–Crippen LogP) is 2.16. The molecule has 5 nitrogen and oxygen atoms in total. The number of sulfonamides is 1. The maximum atomic E-state index is 13.1. The van der Waals surface area contributed by atoms with E-state index < -0.39 is 10.0 Å². The monoisotopic (exact) mass is 350 g/mol. The second-order valence-electron chi connectivity index (χ2n) is 7.26. The van der Waals surface area contributed by atoms with Gasteiger partial charge in [0.1, 0.15) is 0 Å². The zero-order valence-electron chi connectivity index (χ0n) is 14.5. The molecule has 1 spiro atoms. The molecule has 0 aliphatic carbocycles. The van der Waals surface area contributed by atoms with Crippen LogP contribution < -0.4 is 0 Å². The molecule has 2 aliphatic heterocycles. The van der Waals surface area contributed by atoms with Gasteiger partial charge in [0, 0.05) is 26.2 Å². The van der Waals surface area contributed by atoms with Crippen molar-refractivity contribution in [2.24, 2.45) is 5.41 Å². The van der Waals surface area contributed by atoms with E-state index in [0.29, 0.717) is 32.5 Å². The zero-order valence-corrected chi connectivity index (χ0v) is 15.3. The first-order valence-corrected chi connectivity index (χ1v) is 10.5. The molecule has 1 aromatic rings. The van der Waals surface area contributed by atoms with E-state index in [9.17, 15) is 13.2 Å². The van der Waals surface area contributed by atoms with Crippen molar-refractivity contribution in [1.82, 2.24) is 9.21 Å². The number of hydrogen-bond acceptors (Lipinski definition) is 3. The number of hydrogen-bond donors (Lipinski definition) is 0. The van der Waals surface area contributed by atoms with E-state index in [-0.39, 0.29) is 11.3 Å². The fourth-order valence-corrected chi connectivity index (χ4v) is 4.89. The summed E-state index contributed by atoms with van der Waals surface area (Å²) < 4.78 is 24.9. The van der Waals surface area contributed by atoms with Crippen LogP contribution >= 0.6 is 0 Å². The minimum absolute atomic E-state index is 0.211. The van der Waals surface area contributed by atoms with E-state index >= 15 is 0 Å². The molecular weight excluding hydrogens is 324 g/mol. The van der Waals surface area contributed by atoms with Crippen LogP contribution in [0.4, 0.5) is 0 Å². The molecule has 0 bridgehead atoms. The van der Waals surface area contributed by atoms with E-state index in [0.717, 1.165) is 24.9 Å². The van der Waals surface area contributed by atoms with Crippen molar-refractivity contribution in [2.45, 2.75) is 39.2 Å². The Bertz CT molecular complexity index is 722. The summed E-state index contributed by atoms with van der Waals surface area (Å²) in [7, 11) is -3.16. The zero-order chi connectivity index (χ0) is 17.4. The largest absolute Gasteiger partial charge is 0.338 e. The van der Waals surface area contributed by atoms with Crippen molar-refractivity contribution in [3.8, 4) is 0 Å². The van der Waals surface area contributed by atoms with Crippen LogP contribution in [-0.4, -0.2) is 49.4 Å². The first-order chi connectivity index (χ1) is 11.3. The van der Waals surface area contributed by atoms with Crippen molar-refractivity contribution in [3.63, 3.8) is 0 Å². The van der Waals surface area contributed by atoms with Gasteiger partial charge in [-0.1, -0.05) is 29.8 Å². The third-order valence-electron chi connectivity index (χ3n) is 5.43. The Morgan fingerprint density at radius 1 is 1.12 bits per heavy atom. The maximum Gasteiger partial charge on any atom is 0.229 e. The molecule has 2 saturated heterocycles. The van der Waals surface area contributed by atoms with Crippen molar-refractivity contribution in [2.75, 3.05) is 25.9 Å². The van der Waals surface area contributed by atoms with Crippen LogP contribution in [0.3, 0.4) is 0 Å². The molecule has 3 rings (SSSR count). The van der Waals surface area contributed by atoms with Gasteiger partial charge in [-0.25, -0.2) is 12.7 Å². The molecule has 24 heavy (non-hydrogen) atoms. The minimum Gasteiger partial charge on any atom is -0.338 e. The van der Waals surface area contributed by atoms with E-state index in [4.69, 9.17) is 0 Å². The smallest absolute Gasteiger partial charge is 0.229 e. The van der Waals surface area contributed by atoms with Crippen LogP contribution in [0.15, 0.2) is 24.3 Å². The fourth-order valence-electron chi connectivity index (χ4n) is 4.04. The number of nitrogens with zero attached hydrogens (tertiary/aromatic N) is 2. The first-order valence-electron chi connectivity index (χ1n) is 8.60. The Morgan fingerprint density at radius 3 is 2.46 bits per heavy atom. The van der Waals surface area contributed by atoms with Crippen molar-refractivity contribution < 1.29 is 13.2 Å². The van der Waals surface area contributed by atoms with Crippen molar-refractivity contribution in [1.29, 1.82) is 0 Å². The lowest BCUT2D eigenvalue weighted by Gasteiger charge is -2.46. The topological polar surface area (TPSA) is 57.7 Å². The quantitative estimate of drug-likeness (QED) is 0.839. The third-order valence-corrected chi connectivity index (χ3v) is 6.73. The summed E-state index contributed by atoms with van der Waals surface area (Å²) in [5.41, 5.74) is 2.01. The van der Waals surface area contributed by atoms with Gasteiger partial charge in [-0.15, -0.1) is 0 Å². The highest BCUT2D eigenvalue weighted by molar-refractivity contribution is 7.88. The lowest BCUT2D eigenvalue weighted by molar-refractivity contribution is -0.150. The highest BCUT2D eigenvalue weighted by atomic mass is 32.2. The predicted molar refractivity (Wildman–Crippen MR) is 93.9 cm³/mol. The molecule has 0 saturated carbocycles. The molecule has 0 atom stereocenters. The second kappa shape index (κ2) is 6.48. The fraction of sp³-hybridized carbons (Fsp3) is 0.611. The van der Waals surface area contributed by atoms with Crippen molar-refractivity contribution in [3.05, 3.63) is 35.4 Å². The van der Waals surface area contributed by atoms with Crippen LogP contribution in [0.2, 0.25) is 0 Å². The lowest BCUT2D eigenvalue weighted by atomic mass is 9.72. The average molecular weight is 350 g/mol. The molecule has 0 radical (unpaired) electrons. The molecule has 0 unspecified atom stereocenters. The molecule has 2 aliphatic rings. The normalized spacial score (nSPS) is 22.1. The Hall–Kier alpha value is -1.40. The summed E-state index contributed by atoms with van der Waals surface area (Å²) in [6.07, 6.45) is 4.41. The molecule has 2 fully saturated rings. The molecule has 2 heterocycles. The van der Waals surface area contributed by atoms with Gasteiger partial charge < -0.3 is 4.90 Å². The molecule has 1 amide bonds. The van der Waals surface area contributed by atoms with Gasteiger partial charge in [0.05, 0.1) is 11.7 Å². The molecule has 0 N–H and O–H groups in total. The number of amides is 1. The number of piperidine rings is 2. The molecule has 132 valence electrons. The number of benzene rings is 1. The van der Waals surface area contributed by atoms with Gasteiger partial charge >= 0.3 is 0 Å². The summed E-state index contributed by atoms with van der Waals surface area (Å²) >= 11 is 0. The van der Waals surface area contributed by atoms with Gasteiger partial charge in [0.25, 0.3) is 0 Å². The molecule has 0 aromatic heterocycles. The highest BCUT2D eigenvalue weighted by Crippen LogP contribution is 2.41.